The molecule has 1 heterocycles. The standard InChI is InChI=1S/C18H27N3O4/c1-20(18(23)4-3-11-24-2)14-17(22)19-15-5-7-16(8-6-15)21-9-12-25-13-10-21/h5-8H,3-4,9-14H2,1-2H3,(H,19,22). The largest absolute Gasteiger partial charge is 0.385 e. The molecule has 0 aliphatic carbocycles. The van der Waals surface area contributed by atoms with Gasteiger partial charge in [-0.05, 0) is 30.7 Å². The lowest BCUT2D eigenvalue weighted by molar-refractivity contribution is -0.133. The fourth-order valence-electron chi connectivity index (χ4n) is 2.64. The molecule has 0 aromatic heterocycles. The van der Waals surface area contributed by atoms with Crippen molar-refractivity contribution in [2.75, 3.05) is 63.8 Å². The van der Waals surface area contributed by atoms with Crippen LogP contribution < -0.4 is 10.2 Å². The van der Waals surface area contributed by atoms with E-state index in [1.165, 1.54) is 4.90 Å². The SMILES string of the molecule is COCCCC(=O)N(C)CC(=O)Nc1ccc(N2CCOCC2)cc1. The van der Waals surface area contributed by atoms with Crippen LogP contribution in [0.15, 0.2) is 24.3 Å². The predicted octanol–water partition coefficient (Wildman–Crippen LogP) is 1.35. The highest BCUT2D eigenvalue weighted by molar-refractivity contribution is 5.94. The average Bonchev–Trinajstić information content (AvgIpc) is 2.63. The second-order valence-corrected chi connectivity index (χ2v) is 6.04. The molecule has 1 aliphatic heterocycles. The van der Waals surface area contributed by atoms with Crippen molar-refractivity contribution in [2.45, 2.75) is 12.8 Å². The Bertz CT molecular complexity index is 556. The van der Waals surface area contributed by atoms with E-state index in [1.807, 2.05) is 24.3 Å². The number of carbonyl (C=O) groups excluding carboxylic acids is 2. The summed E-state index contributed by atoms with van der Waals surface area (Å²) in [4.78, 5) is 27.7. The number of likely N-dealkylation sites (N-methyl/N-ethyl adjacent to an activating group) is 1. The Labute approximate surface area is 148 Å². The van der Waals surface area contributed by atoms with Crippen LogP contribution in [-0.4, -0.2) is 70.3 Å². The van der Waals surface area contributed by atoms with E-state index in [0.717, 1.165) is 37.7 Å². The molecule has 1 aromatic carbocycles. The van der Waals surface area contributed by atoms with Crippen molar-refractivity contribution in [3.05, 3.63) is 24.3 Å². The molecule has 25 heavy (non-hydrogen) atoms. The molecular formula is C18H27N3O4. The first-order valence-electron chi connectivity index (χ1n) is 8.55. The lowest BCUT2D eigenvalue weighted by Gasteiger charge is -2.28. The monoisotopic (exact) mass is 349 g/mol. The third-order valence-electron chi connectivity index (χ3n) is 4.07. The Morgan fingerprint density at radius 1 is 1.24 bits per heavy atom. The number of nitrogens with one attached hydrogen (secondary N) is 1. The molecule has 138 valence electrons. The van der Waals surface area contributed by atoms with E-state index in [4.69, 9.17) is 9.47 Å². The summed E-state index contributed by atoms with van der Waals surface area (Å²) in [6, 6.07) is 7.73. The molecule has 7 nitrogen and oxygen atoms in total. The molecule has 1 aromatic rings. The molecule has 0 unspecified atom stereocenters. The Balaban J connectivity index is 1.78. The summed E-state index contributed by atoms with van der Waals surface area (Å²) < 4.78 is 10.3. The maximum Gasteiger partial charge on any atom is 0.243 e. The normalized spacial score (nSPS) is 14.2. The summed E-state index contributed by atoms with van der Waals surface area (Å²) in [6.45, 7) is 3.81. The second kappa shape index (κ2) is 10.0. The summed E-state index contributed by atoms with van der Waals surface area (Å²) in [6.07, 6.45) is 1.04. The van der Waals surface area contributed by atoms with Crippen LogP contribution in [0.25, 0.3) is 0 Å². The third-order valence-corrected chi connectivity index (χ3v) is 4.07. The second-order valence-electron chi connectivity index (χ2n) is 6.04. The van der Waals surface area contributed by atoms with Gasteiger partial charge in [0.15, 0.2) is 0 Å². The molecule has 1 N–H and O–H groups in total. The number of anilines is 2. The molecule has 2 amide bonds. The third kappa shape index (κ3) is 6.36. The summed E-state index contributed by atoms with van der Waals surface area (Å²) in [7, 11) is 3.24. The number of hydrogen-bond acceptors (Lipinski definition) is 5. The summed E-state index contributed by atoms with van der Waals surface area (Å²) in [5, 5.41) is 2.82. The Kier molecular flexibility index (Phi) is 7.69. The maximum atomic E-state index is 12.1. The number of hydrogen-bond donors (Lipinski definition) is 1. The number of nitrogens with zero attached hydrogens (tertiary/aromatic N) is 2. The van der Waals surface area contributed by atoms with Crippen LogP contribution in [0.3, 0.4) is 0 Å². The van der Waals surface area contributed by atoms with Gasteiger partial charge in [0.25, 0.3) is 0 Å². The summed E-state index contributed by atoms with van der Waals surface area (Å²) in [5.41, 5.74) is 1.84. The van der Waals surface area contributed by atoms with E-state index in [1.54, 1.807) is 14.2 Å². The molecule has 1 aliphatic rings. The van der Waals surface area contributed by atoms with Gasteiger partial charge < -0.3 is 24.6 Å². The zero-order valence-electron chi connectivity index (χ0n) is 15.0. The van der Waals surface area contributed by atoms with Crippen molar-refractivity contribution >= 4 is 23.2 Å². The molecule has 0 radical (unpaired) electrons. The van der Waals surface area contributed by atoms with Crippen LogP contribution in [0, 0.1) is 0 Å². The molecule has 1 saturated heterocycles. The highest BCUT2D eigenvalue weighted by atomic mass is 16.5. The summed E-state index contributed by atoms with van der Waals surface area (Å²) in [5.74, 6) is -0.267. The average molecular weight is 349 g/mol. The molecular weight excluding hydrogens is 322 g/mol. The Morgan fingerprint density at radius 3 is 2.56 bits per heavy atom. The quantitative estimate of drug-likeness (QED) is 0.717. The molecule has 0 bridgehead atoms. The van der Waals surface area contributed by atoms with E-state index < -0.39 is 0 Å². The van der Waals surface area contributed by atoms with Crippen molar-refractivity contribution in [3.63, 3.8) is 0 Å². The first-order chi connectivity index (χ1) is 12.1. The zero-order chi connectivity index (χ0) is 18.1. The number of rotatable bonds is 8. The van der Waals surface area contributed by atoms with Gasteiger partial charge in [0, 0.05) is 51.6 Å². The van der Waals surface area contributed by atoms with Crippen LogP contribution in [0.4, 0.5) is 11.4 Å². The number of morpholine rings is 1. The first kappa shape index (κ1) is 19.2. The highest BCUT2D eigenvalue weighted by Gasteiger charge is 2.14. The maximum absolute atomic E-state index is 12.1. The van der Waals surface area contributed by atoms with Crippen molar-refractivity contribution < 1.29 is 19.1 Å². The van der Waals surface area contributed by atoms with Gasteiger partial charge in [-0.15, -0.1) is 0 Å². The highest BCUT2D eigenvalue weighted by Crippen LogP contribution is 2.19. The number of carbonyl (C=O) groups is 2. The molecule has 0 saturated carbocycles. The van der Waals surface area contributed by atoms with E-state index >= 15 is 0 Å². The lowest BCUT2D eigenvalue weighted by Crippen LogP contribution is -2.36. The minimum absolute atomic E-state index is 0.0387. The van der Waals surface area contributed by atoms with Crippen LogP contribution in [0.5, 0.6) is 0 Å². The van der Waals surface area contributed by atoms with Crippen LogP contribution >= 0.6 is 0 Å². The number of methoxy groups -OCH3 is 1. The van der Waals surface area contributed by atoms with Crippen molar-refractivity contribution in [2.24, 2.45) is 0 Å². The van der Waals surface area contributed by atoms with Gasteiger partial charge >= 0.3 is 0 Å². The molecule has 0 atom stereocenters. The minimum Gasteiger partial charge on any atom is -0.385 e. The van der Waals surface area contributed by atoms with Crippen molar-refractivity contribution in [1.29, 1.82) is 0 Å². The zero-order valence-corrected chi connectivity index (χ0v) is 15.0. The number of amides is 2. The van der Waals surface area contributed by atoms with Crippen LogP contribution in [-0.2, 0) is 19.1 Å². The van der Waals surface area contributed by atoms with E-state index in [-0.39, 0.29) is 18.4 Å². The van der Waals surface area contributed by atoms with Crippen molar-refractivity contribution in [3.8, 4) is 0 Å². The van der Waals surface area contributed by atoms with E-state index in [0.29, 0.717) is 19.4 Å². The van der Waals surface area contributed by atoms with Crippen LogP contribution in [0.2, 0.25) is 0 Å². The molecule has 7 heteroatoms. The molecule has 2 rings (SSSR count). The molecule has 0 spiro atoms. The number of benzene rings is 1. The first-order valence-corrected chi connectivity index (χ1v) is 8.55. The van der Waals surface area contributed by atoms with Gasteiger partial charge in [-0.3, -0.25) is 9.59 Å². The fraction of sp³-hybridized carbons (Fsp3) is 0.556. The van der Waals surface area contributed by atoms with Gasteiger partial charge in [0.2, 0.25) is 11.8 Å². The predicted molar refractivity (Wildman–Crippen MR) is 96.9 cm³/mol. The van der Waals surface area contributed by atoms with Crippen LogP contribution in [0.1, 0.15) is 12.8 Å². The smallest absolute Gasteiger partial charge is 0.243 e. The topological polar surface area (TPSA) is 71.1 Å². The Morgan fingerprint density at radius 2 is 1.92 bits per heavy atom. The summed E-state index contributed by atoms with van der Waals surface area (Å²) >= 11 is 0. The van der Waals surface area contributed by atoms with Crippen molar-refractivity contribution in [1.82, 2.24) is 4.90 Å². The van der Waals surface area contributed by atoms with Gasteiger partial charge in [0.05, 0.1) is 19.8 Å². The number of ether oxygens (including phenoxy) is 2. The minimum atomic E-state index is -0.207. The lowest BCUT2D eigenvalue weighted by atomic mass is 10.2. The van der Waals surface area contributed by atoms with Gasteiger partial charge in [-0.2, -0.15) is 0 Å². The molecule has 1 fully saturated rings. The Hall–Kier alpha value is -2.12. The van der Waals surface area contributed by atoms with Gasteiger partial charge in [0.1, 0.15) is 0 Å². The fourth-order valence-corrected chi connectivity index (χ4v) is 2.64. The van der Waals surface area contributed by atoms with Gasteiger partial charge in [-0.25, -0.2) is 0 Å². The van der Waals surface area contributed by atoms with E-state index in [2.05, 4.69) is 10.2 Å². The van der Waals surface area contributed by atoms with E-state index in [9.17, 15) is 9.59 Å². The van der Waals surface area contributed by atoms with Gasteiger partial charge in [-0.1, -0.05) is 0 Å².